The number of rotatable bonds is 7. The molecule has 2 unspecified atom stereocenters. The lowest BCUT2D eigenvalue weighted by Crippen LogP contribution is -2.54. The molecule has 0 aromatic heterocycles. The second-order valence-electron chi connectivity index (χ2n) is 10.6. The third-order valence-electron chi connectivity index (χ3n) is 8.04. The fourth-order valence-corrected chi connectivity index (χ4v) is 6.00. The number of fused-ring (bicyclic) bond motifs is 1. The lowest BCUT2D eigenvalue weighted by Gasteiger charge is -2.45. The van der Waals surface area contributed by atoms with Crippen molar-refractivity contribution < 1.29 is 24.3 Å². The largest absolute Gasteiger partial charge is 0.385 e. The van der Waals surface area contributed by atoms with Crippen LogP contribution in [0.1, 0.15) is 64.4 Å². The molecule has 8 nitrogen and oxygen atoms in total. The van der Waals surface area contributed by atoms with E-state index in [2.05, 4.69) is 28.9 Å². The van der Waals surface area contributed by atoms with Gasteiger partial charge in [-0.1, -0.05) is 67.3 Å². The second kappa shape index (κ2) is 11.2. The molecule has 2 saturated heterocycles. The minimum Gasteiger partial charge on any atom is -0.385 e. The number of aliphatic hydroxyl groups is 1. The molecule has 3 aliphatic heterocycles. The van der Waals surface area contributed by atoms with Crippen LogP contribution in [0.2, 0.25) is 0 Å². The van der Waals surface area contributed by atoms with Crippen LogP contribution >= 0.6 is 0 Å². The third kappa shape index (κ3) is 5.08. The van der Waals surface area contributed by atoms with Crippen LogP contribution in [0.25, 0.3) is 0 Å². The minimum atomic E-state index is -1.25. The number of hydrogen-bond acceptors (Lipinski definition) is 6. The standard InChI is InChI=1S/C32H33N3O5/c1-3-8-22(9-4-2)27-19-32(40,16-17-34(27)20-21-10-6-5-7-11-21)23-12-13-24-25(18-23)31(39)35(30(24)38)26-14-15-28(36)33-29(26)37/h3-13,18,26-27,40H,1,14-17,19-20H2,2H3,(H,33,36,37)/b9-4-,22-8+/t26?,27-,32?/m1/s1. The molecule has 2 aromatic rings. The van der Waals surface area contributed by atoms with Crippen LogP contribution < -0.4 is 5.32 Å². The van der Waals surface area contributed by atoms with Gasteiger partial charge in [0.25, 0.3) is 11.8 Å². The Labute approximate surface area is 233 Å². The number of likely N-dealkylation sites (tertiary alicyclic amines) is 1. The van der Waals surface area contributed by atoms with E-state index in [9.17, 15) is 24.3 Å². The maximum Gasteiger partial charge on any atom is 0.262 e. The fourth-order valence-electron chi connectivity index (χ4n) is 6.00. The van der Waals surface area contributed by atoms with E-state index in [1.807, 2.05) is 43.4 Å². The van der Waals surface area contributed by atoms with Crippen molar-refractivity contribution in [2.75, 3.05) is 6.54 Å². The Morgan fingerprint density at radius 1 is 1.10 bits per heavy atom. The quantitative estimate of drug-likeness (QED) is 0.411. The third-order valence-corrected chi connectivity index (χ3v) is 8.04. The van der Waals surface area contributed by atoms with Crippen LogP contribution in [0.4, 0.5) is 0 Å². The lowest BCUT2D eigenvalue weighted by atomic mass is 9.77. The van der Waals surface area contributed by atoms with Crippen molar-refractivity contribution in [3.05, 3.63) is 107 Å². The topological polar surface area (TPSA) is 107 Å². The number of hydrogen-bond donors (Lipinski definition) is 2. The van der Waals surface area contributed by atoms with Crippen molar-refractivity contribution in [3.8, 4) is 0 Å². The number of allylic oxidation sites excluding steroid dienone is 3. The number of nitrogens with one attached hydrogen (secondary N) is 1. The fraction of sp³-hybridized carbons (Fsp3) is 0.312. The van der Waals surface area contributed by atoms with E-state index in [0.29, 0.717) is 31.5 Å². The molecule has 0 aliphatic carbocycles. The lowest BCUT2D eigenvalue weighted by molar-refractivity contribution is -0.136. The molecule has 3 heterocycles. The number of amides is 4. The Balaban J connectivity index is 1.45. The van der Waals surface area contributed by atoms with Crippen LogP contribution in [0.5, 0.6) is 0 Å². The molecule has 5 rings (SSSR count). The zero-order valence-corrected chi connectivity index (χ0v) is 22.5. The van der Waals surface area contributed by atoms with Gasteiger partial charge in [-0.15, -0.1) is 0 Å². The SMILES string of the molecule is C=C/C=C(\C=C/C)[C@H]1CC(O)(c2ccc3c(c2)C(=O)N(C2CCC(=O)NC2=O)C3=O)CCN1Cc1ccccc1. The van der Waals surface area contributed by atoms with E-state index in [1.165, 1.54) is 5.56 Å². The number of nitrogens with zero attached hydrogens (tertiary/aromatic N) is 2. The van der Waals surface area contributed by atoms with Crippen LogP contribution in [0, 0.1) is 0 Å². The van der Waals surface area contributed by atoms with Gasteiger partial charge >= 0.3 is 0 Å². The van der Waals surface area contributed by atoms with Crippen LogP contribution in [-0.2, 0) is 21.7 Å². The molecule has 206 valence electrons. The Morgan fingerprint density at radius 2 is 1.85 bits per heavy atom. The average Bonchev–Trinajstić information content (AvgIpc) is 3.19. The van der Waals surface area contributed by atoms with Gasteiger partial charge in [0.2, 0.25) is 11.8 Å². The molecule has 8 heteroatoms. The molecule has 2 aromatic carbocycles. The molecule has 0 bridgehead atoms. The molecular weight excluding hydrogens is 506 g/mol. The number of piperidine rings is 2. The molecule has 0 radical (unpaired) electrons. The first-order valence-electron chi connectivity index (χ1n) is 13.6. The molecule has 0 saturated carbocycles. The molecule has 2 fully saturated rings. The van der Waals surface area contributed by atoms with Gasteiger partial charge in [-0.25, -0.2) is 0 Å². The van der Waals surface area contributed by atoms with E-state index in [4.69, 9.17) is 0 Å². The highest BCUT2D eigenvalue weighted by Crippen LogP contribution is 2.41. The van der Waals surface area contributed by atoms with Crippen molar-refractivity contribution in [2.24, 2.45) is 0 Å². The highest BCUT2D eigenvalue weighted by Gasteiger charge is 2.46. The van der Waals surface area contributed by atoms with E-state index in [0.717, 1.165) is 10.5 Å². The molecule has 2 N–H and O–H groups in total. The van der Waals surface area contributed by atoms with Crippen LogP contribution in [0.3, 0.4) is 0 Å². The van der Waals surface area contributed by atoms with Gasteiger partial charge in [0.15, 0.2) is 0 Å². The smallest absolute Gasteiger partial charge is 0.262 e. The second-order valence-corrected chi connectivity index (χ2v) is 10.6. The summed E-state index contributed by atoms with van der Waals surface area (Å²) in [5.41, 5.74) is 1.86. The predicted octanol–water partition coefficient (Wildman–Crippen LogP) is 3.63. The van der Waals surface area contributed by atoms with Gasteiger partial charge in [0.1, 0.15) is 6.04 Å². The molecule has 0 spiro atoms. The van der Waals surface area contributed by atoms with E-state index in [-0.39, 0.29) is 30.0 Å². The van der Waals surface area contributed by atoms with Gasteiger partial charge < -0.3 is 5.11 Å². The maximum absolute atomic E-state index is 13.4. The molecule has 40 heavy (non-hydrogen) atoms. The average molecular weight is 540 g/mol. The number of carbonyl (C=O) groups excluding carboxylic acids is 4. The Morgan fingerprint density at radius 3 is 2.55 bits per heavy atom. The highest BCUT2D eigenvalue weighted by atomic mass is 16.3. The summed E-state index contributed by atoms with van der Waals surface area (Å²) in [5, 5.41) is 14.3. The van der Waals surface area contributed by atoms with Crippen LogP contribution in [-0.4, -0.2) is 57.2 Å². The van der Waals surface area contributed by atoms with Gasteiger partial charge in [0, 0.05) is 32.0 Å². The molecule has 3 aliphatic rings. The summed E-state index contributed by atoms with van der Waals surface area (Å²) in [6, 6.07) is 13.9. The summed E-state index contributed by atoms with van der Waals surface area (Å²) in [4.78, 5) is 53.8. The molecular formula is C32H33N3O5. The summed E-state index contributed by atoms with van der Waals surface area (Å²) in [6.07, 6.45) is 8.65. The first-order chi connectivity index (χ1) is 19.3. The number of imide groups is 2. The maximum atomic E-state index is 13.4. The summed E-state index contributed by atoms with van der Waals surface area (Å²) in [6.45, 7) is 7.15. The van der Waals surface area contributed by atoms with Crippen LogP contribution in [0.15, 0.2) is 85.0 Å². The Hall–Kier alpha value is -4.14. The van der Waals surface area contributed by atoms with Crippen molar-refractivity contribution >= 4 is 23.6 Å². The van der Waals surface area contributed by atoms with Crippen molar-refractivity contribution in [1.82, 2.24) is 15.1 Å². The zero-order valence-electron chi connectivity index (χ0n) is 22.5. The van der Waals surface area contributed by atoms with E-state index >= 15 is 0 Å². The summed E-state index contributed by atoms with van der Waals surface area (Å²) in [7, 11) is 0. The highest BCUT2D eigenvalue weighted by molar-refractivity contribution is 6.23. The summed E-state index contributed by atoms with van der Waals surface area (Å²) < 4.78 is 0. The van der Waals surface area contributed by atoms with Gasteiger partial charge in [-0.05, 0) is 48.6 Å². The summed E-state index contributed by atoms with van der Waals surface area (Å²) >= 11 is 0. The van der Waals surface area contributed by atoms with E-state index in [1.54, 1.807) is 24.3 Å². The number of carbonyl (C=O) groups is 4. The number of benzene rings is 2. The zero-order chi connectivity index (χ0) is 28.4. The first kappa shape index (κ1) is 27.4. The minimum absolute atomic E-state index is 0.0580. The Bertz CT molecular complexity index is 1430. The monoisotopic (exact) mass is 539 g/mol. The van der Waals surface area contributed by atoms with E-state index < -0.39 is 35.3 Å². The Kier molecular flexibility index (Phi) is 7.65. The predicted molar refractivity (Wildman–Crippen MR) is 150 cm³/mol. The molecule has 4 amide bonds. The van der Waals surface area contributed by atoms with Gasteiger partial charge in [0.05, 0.1) is 16.7 Å². The van der Waals surface area contributed by atoms with Crippen molar-refractivity contribution in [2.45, 2.75) is 56.8 Å². The normalized spacial score (nSPS) is 25.9. The van der Waals surface area contributed by atoms with Gasteiger partial charge in [-0.3, -0.25) is 34.3 Å². The first-order valence-corrected chi connectivity index (χ1v) is 13.6. The summed E-state index contributed by atoms with van der Waals surface area (Å²) in [5.74, 6) is -2.21. The van der Waals surface area contributed by atoms with Crippen molar-refractivity contribution in [1.29, 1.82) is 0 Å². The van der Waals surface area contributed by atoms with Crippen molar-refractivity contribution in [3.63, 3.8) is 0 Å². The van der Waals surface area contributed by atoms with Gasteiger partial charge in [-0.2, -0.15) is 0 Å². The molecule has 3 atom stereocenters.